The smallest absolute Gasteiger partial charge is 0.412 e. The van der Waals surface area contributed by atoms with E-state index in [-0.39, 0.29) is 11.3 Å². The van der Waals surface area contributed by atoms with Crippen molar-refractivity contribution >= 4 is 29.0 Å². The van der Waals surface area contributed by atoms with E-state index in [4.69, 9.17) is 4.74 Å². The molecule has 7 nitrogen and oxygen atoms in total. The highest BCUT2D eigenvalue weighted by atomic mass is 16.6. The van der Waals surface area contributed by atoms with Gasteiger partial charge in [-0.05, 0) is 57.4 Å². The second kappa shape index (κ2) is 7.43. The molecule has 2 rings (SSSR count). The van der Waals surface area contributed by atoms with Crippen LogP contribution in [0.3, 0.4) is 0 Å². The molecule has 0 spiro atoms. The molecule has 0 bridgehead atoms. The van der Waals surface area contributed by atoms with Gasteiger partial charge in [0.25, 0.3) is 5.56 Å². The van der Waals surface area contributed by atoms with Crippen LogP contribution in [0.15, 0.2) is 34.8 Å². The molecule has 0 aliphatic heterocycles. The Morgan fingerprint density at radius 1 is 1.19 bits per heavy atom. The van der Waals surface area contributed by atoms with Crippen LogP contribution in [0.1, 0.15) is 31.9 Å². The Kier molecular flexibility index (Phi) is 5.50. The lowest BCUT2D eigenvalue weighted by atomic mass is 10.1. The van der Waals surface area contributed by atoms with Crippen LogP contribution >= 0.6 is 0 Å². The zero-order valence-electron chi connectivity index (χ0n) is 15.4. The van der Waals surface area contributed by atoms with Crippen LogP contribution in [0.25, 0.3) is 17.0 Å². The lowest BCUT2D eigenvalue weighted by Crippen LogP contribution is -2.34. The average Bonchev–Trinajstić information content (AvgIpc) is 2.52. The number of amides is 1. The number of carbonyl (C=O) groups is 2. The van der Waals surface area contributed by atoms with E-state index in [1.807, 2.05) is 19.1 Å². The number of esters is 1. The maximum absolute atomic E-state index is 12.3. The van der Waals surface area contributed by atoms with E-state index in [2.05, 4.69) is 15.0 Å². The summed E-state index contributed by atoms with van der Waals surface area (Å²) in [5.74, 6) is -0.792. The molecule has 1 aromatic heterocycles. The maximum atomic E-state index is 12.3. The summed E-state index contributed by atoms with van der Waals surface area (Å²) in [5.41, 5.74) is 0.591. The van der Waals surface area contributed by atoms with Crippen molar-refractivity contribution in [2.75, 3.05) is 7.11 Å². The van der Waals surface area contributed by atoms with Gasteiger partial charge in [-0.3, -0.25) is 10.1 Å². The Hall–Kier alpha value is -3.09. The normalized spacial score (nSPS) is 12.0. The fourth-order valence-electron chi connectivity index (χ4n) is 2.28. The molecule has 0 fully saturated rings. The lowest BCUT2D eigenvalue weighted by molar-refractivity contribution is -0.136. The highest BCUT2D eigenvalue weighted by molar-refractivity contribution is 5.97. The first-order valence-corrected chi connectivity index (χ1v) is 8.03. The minimum Gasteiger partial charge on any atom is -0.464 e. The van der Waals surface area contributed by atoms with Gasteiger partial charge in [-0.1, -0.05) is 11.6 Å². The third kappa shape index (κ3) is 4.95. The summed E-state index contributed by atoms with van der Waals surface area (Å²) < 4.78 is 9.80. The van der Waals surface area contributed by atoms with Gasteiger partial charge in [0, 0.05) is 11.1 Å². The number of alkyl carbamates (subject to hydrolysis) is 1. The topological polar surface area (TPSA) is 97.5 Å². The molecule has 0 aliphatic rings. The molecular weight excluding hydrogens is 336 g/mol. The number of aryl methyl sites for hydroxylation is 1. The highest BCUT2D eigenvalue weighted by Gasteiger charge is 2.20. The van der Waals surface area contributed by atoms with Crippen molar-refractivity contribution in [3.8, 4) is 0 Å². The van der Waals surface area contributed by atoms with Crippen LogP contribution in [-0.4, -0.2) is 29.8 Å². The van der Waals surface area contributed by atoms with Crippen molar-refractivity contribution < 1.29 is 19.1 Å². The summed E-state index contributed by atoms with van der Waals surface area (Å²) in [6.45, 7) is 7.03. The number of aromatic amines is 1. The molecule has 138 valence electrons. The molecule has 0 atom stereocenters. The van der Waals surface area contributed by atoms with Gasteiger partial charge < -0.3 is 14.5 Å². The van der Waals surface area contributed by atoms with E-state index in [1.54, 1.807) is 32.9 Å². The molecule has 1 amide bonds. The summed E-state index contributed by atoms with van der Waals surface area (Å²) in [6, 6.07) is 7.24. The van der Waals surface area contributed by atoms with E-state index < -0.39 is 23.2 Å². The molecule has 0 aliphatic carbocycles. The van der Waals surface area contributed by atoms with Gasteiger partial charge in [0.2, 0.25) is 0 Å². The van der Waals surface area contributed by atoms with Gasteiger partial charge in [-0.15, -0.1) is 0 Å². The van der Waals surface area contributed by atoms with E-state index >= 15 is 0 Å². The second-order valence-corrected chi connectivity index (χ2v) is 6.82. The zero-order valence-corrected chi connectivity index (χ0v) is 15.4. The molecule has 26 heavy (non-hydrogen) atoms. The Bertz CT molecular complexity index is 935. The summed E-state index contributed by atoms with van der Waals surface area (Å²) in [4.78, 5) is 39.0. The monoisotopic (exact) mass is 358 g/mol. The first-order valence-electron chi connectivity index (χ1n) is 8.03. The molecule has 0 radical (unpaired) electrons. The van der Waals surface area contributed by atoms with Gasteiger partial charge in [0.1, 0.15) is 11.3 Å². The van der Waals surface area contributed by atoms with Crippen molar-refractivity contribution in [2.24, 2.45) is 0 Å². The number of aromatic nitrogens is 1. The van der Waals surface area contributed by atoms with E-state index in [1.165, 1.54) is 13.2 Å². The van der Waals surface area contributed by atoms with E-state index in [9.17, 15) is 14.4 Å². The van der Waals surface area contributed by atoms with Crippen LogP contribution in [0.5, 0.6) is 0 Å². The van der Waals surface area contributed by atoms with Crippen molar-refractivity contribution in [3.05, 3.63) is 51.4 Å². The van der Waals surface area contributed by atoms with Gasteiger partial charge in [-0.25, -0.2) is 9.59 Å². The Morgan fingerprint density at radius 2 is 1.88 bits per heavy atom. The largest absolute Gasteiger partial charge is 0.464 e. The standard InChI is InChI=1S/C19H22N2O5/c1-11-6-7-14-12(8-11)9-13(16(22)20-14)10-15(17(23)25-5)21-18(24)26-19(2,3)4/h6-10H,1-5H3,(H,20,22)(H,21,24)/b15-10-. The van der Waals surface area contributed by atoms with Gasteiger partial charge >= 0.3 is 12.1 Å². The predicted octanol–water partition coefficient (Wildman–Crippen LogP) is 2.88. The number of H-pyrrole nitrogens is 1. The summed E-state index contributed by atoms with van der Waals surface area (Å²) in [6.07, 6.45) is 0.443. The summed E-state index contributed by atoms with van der Waals surface area (Å²) in [5, 5.41) is 3.14. The van der Waals surface area contributed by atoms with Crippen LogP contribution in [0.2, 0.25) is 0 Å². The number of hydrogen-bond acceptors (Lipinski definition) is 5. The molecule has 0 unspecified atom stereocenters. The third-order valence-electron chi connectivity index (χ3n) is 3.37. The maximum Gasteiger partial charge on any atom is 0.412 e. The molecule has 2 N–H and O–H groups in total. The molecule has 0 saturated carbocycles. The van der Waals surface area contributed by atoms with Crippen LogP contribution < -0.4 is 10.9 Å². The summed E-state index contributed by atoms with van der Waals surface area (Å²) in [7, 11) is 1.18. The fraction of sp³-hybridized carbons (Fsp3) is 0.316. The Balaban J connectivity index is 2.44. The number of ether oxygens (including phenoxy) is 2. The minimum atomic E-state index is -0.817. The molecule has 1 heterocycles. The summed E-state index contributed by atoms with van der Waals surface area (Å²) >= 11 is 0. The van der Waals surface area contributed by atoms with Gasteiger partial charge in [0.15, 0.2) is 0 Å². The highest BCUT2D eigenvalue weighted by Crippen LogP contribution is 2.15. The number of rotatable bonds is 3. The molecule has 7 heteroatoms. The number of fused-ring (bicyclic) bond motifs is 1. The molecule has 1 aromatic carbocycles. The van der Waals surface area contributed by atoms with Crippen molar-refractivity contribution in [3.63, 3.8) is 0 Å². The number of benzene rings is 1. The van der Waals surface area contributed by atoms with E-state index in [0.717, 1.165) is 10.9 Å². The molecule has 0 saturated heterocycles. The SMILES string of the molecule is COC(=O)/C(=C/c1cc2cc(C)ccc2[nH]c1=O)NC(=O)OC(C)(C)C. The zero-order chi connectivity index (χ0) is 19.5. The Morgan fingerprint density at radius 3 is 2.50 bits per heavy atom. The van der Waals surface area contributed by atoms with Crippen molar-refractivity contribution in [1.82, 2.24) is 10.3 Å². The third-order valence-corrected chi connectivity index (χ3v) is 3.37. The number of nitrogens with one attached hydrogen (secondary N) is 2. The lowest BCUT2D eigenvalue weighted by Gasteiger charge is -2.20. The number of carbonyl (C=O) groups excluding carboxylic acids is 2. The predicted molar refractivity (Wildman–Crippen MR) is 98.7 cm³/mol. The quantitative estimate of drug-likeness (QED) is 0.649. The van der Waals surface area contributed by atoms with Crippen LogP contribution in [0, 0.1) is 6.92 Å². The fourth-order valence-corrected chi connectivity index (χ4v) is 2.28. The van der Waals surface area contributed by atoms with Crippen LogP contribution in [0.4, 0.5) is 4.79 Å². The van der Waals surface area contributed by atoms with Gasteiger partial charge in [-0.2, -0.15) is 0 Å². The Labute approximate surface area is 151 Å². The minimum absolute atomic E-state index is 0.195. The number of hydrogen-bond donors (Lipinski definition) is 2. The van der Waals surface area contributed by atoms with Crippen molar-refractivity contribution in [2.45, 2.75) is 33.3 Å². The van der Waals surface area contributed by atoms with Gasteiger partial charge in [0.05, 0.1) is 7.11 Å². The second-order valence-electron chi connectivity index (χ2n) is 6.82. The van der Waals surface area contributed by atoms with Crippen LogP contribution in [-0.2, 0) is 14.3 Å². The molecule has 2 aromatic rings. The van der Waals surface area contributed by atoms with E-state index in [0.29, 0.717) is 5.52 Å². The first-order chi connectivity index (χ1) is 12.1. The average molecular weight is 358 g/mol. The number of pyridine rings is 1. The van der Waals surface area contributed by atoms with Crippen molar-refractivity contribution in [1.29, 1.82) is 0 Å². The molecular formula is C19H22N2O5. The number of methoxy groups -OCH3 is 1. The first kappa shape index (κ1) is 19.2.